The molecule has 1 aromatic carbocycles. The summed E-state index contributed by atoms with van der Waals surface area (Å²) in [4.78, 5) is 14.5. The molecule has 1 N–H and O–H groups in total. The van der Waals surface area contributed by atoms with E-state index in [1.807, 2.05) is 24.3 Å². The van der Waals surface area contributed by atoms with Crippen LogP contribution in [0.15, 0.2) is 24.3 Å². The van der Waals surface area contributed by atoms with Gasteiger partial charge in [-0.05, 0) is 31.6 Å². The molecule has 0 radical (unpaired) electrons. The highest BCUT2D eigenvalue weighted by Gasteiger charge is 2.12. The molecule has 0 atom stereocenters. The van der Waals surface area contributed by atoms with Crippen molar-refractivity contribution in [3.8, 4) is 5.75 Å². The fraction of sp³-hybridized carbons (Fsp3) is 0.533. The van der Waals surface area contributed by atoms with Crippen LogP contribution in [0.3, 0.4) is 0 Å². The van der Waals surface area contributed by atoms with Crippen molar-refractivity contribution in [3.05, 3.63) is 29.8 Å². The van der Waals surface area contributed by atoms with E-state index in [1.165, 1.54) is 0 Å². The molecule has 0 aromatic heterocycles. The van der Waals surface area contributed by atoms with Gasteiger partial charge >= 0.3 is 0 Å². The minimum atomic E-state index is 0.191. The van der Waals surface area contributed by atoms with E-state index in [1.54, 1.807) is 7.11 Å². The Bertz CT molecular complexity index is 412. The molecule has 1 fully saturated rings. The van der Waals surface area contributed by atoms with Gasteiger partial charge in [-0.1, -0.05) is 12.1 Å². The maximum absolute atomic E-state index is 12.1. The maximum atomic E-state index is 12.1. The Morgan fingerprint density at radius 2 is 2.26 bits per heavy atom. The number of hydrogen-bond donors (Lipinski definition) is 1. The minimum Gasteiger partial charge on any atom is -0.497 e. The molecule has 0 spiro atoms. The molecule has 0 bridgehead atoms. The van der Waals surface area contributed by atoms with Crippen molar-refractivity contribution >= 4 is 5.78 Å². The van der Waals surface area contributed by atoms with E-state index in [0.717, 1.165) is 50.5 Å². The lowest BCUT2D eigenvalue weighted by molar-refractivity contribution is 0.0965. The molecule has 0 aliphatic carbocycles. The Morgan fingerprint density at radius 3 is 3.11 bits per heavy atom. The van der Waals surface area contributed by atoms with Gasteiger partial charge in [-0.2, -0.15) is 0 Å². The van der Waals surface area contributed by atoms with Crippen LogP contribution < -0.4 is 10.1 Å². The number of ketones is 1. The van der Waals surface area contributed by atoms with Crippen LogP contribution in [0.5, 0.6) is 5.75 Å². The third-order valence-corrected chi connectivity index (χ3v) is 3.48. The Morgan fingerprint density at radius 1 is 1.37 bits per heavy atom. The van der Waals surface area contributed by atoms with Gasteiger partial charge in [0, 0.05) is 31.6 Å². The number of benzene rings is 1. The SMILES string of the molecule is COc1cccc(C(=O)CCN2CCCNCC2)c1. The first-order chi connectivity index (χ1) is 9.29. The van der Waals surface area contributed by atoms with E-state index < -0.39 is 0 Å². The van der Waals surface area contributed by atoms with Crippen LogP contribution in [-0.2, 0) is 0 Å². The predicted octanol–water partition coefficient (Wildman–Crippen LogP) is 1.56. The highest BCUT2D eigenvalue weighted by molar-refractivity contribution is 5.96. The second-order valence-corrected chi connectivity index (χ2v) is 4.85. The van der Waals surface area contributed by atoms with Crippen molar-refractivity contribution < 1.29 is 9.53 Å². The van der Waals surface area contributed by atoms with Crippen LogP contribution >= 0.6 is 0 Å². The van der Waals surface area contributed by atoms with E-state index in [0.29, 0.717) is 6.42 Å². The van der Waals surface area contributed by atoms with E-state index in [4.69, 9.17) is 4.74 Å². The van der Waals surface area contributed by atoms with Crippen LogP contribution in [0.25, 0.3) is 0 Å². The first kappa shape index (κ1) is 14.0. The zero-order valence-corrected chi connectivity index (χ0v) is 11.5. The third-order valence-electron chi connectivity index (χ3n) is 3.48. The van der Waals surface area contributed by atoms with E-state index in [2.05, 4.69) is 10.2 Å². The Kier molecular flexibility index (Phi) is 5.36. The second-order valence-electron chi connectivity index (χ2n) is 4.85. The summed E-state index contributed by atoms with van der Waals surface area (Å²) in [5.74, 6) is 0.931. The van der Waals surface area contributed by atoms with E-state index >= 15 is 0 Å². The van der Waals surface area contributed by atoms with Crippen molar-refractivity contribution in [3.63, 3.8) is 0 Å². The molecular formula is C15H22N2O2. The number of methoxy groups -OCH3 is 1. The van der Waals surface area contributed by atoms with Gasteiger partial charge in [-0.25, -0.2) is 0 Å². The highest BCUT2D eigenvalue weighted by atomic mass is 16.5. The van der Waals surface area contributed by atoms with Gasteiger partial charge in [0.05, 0.1) is 7.11 Å². The van der Waals surface area contributed by atoms with Crippen LogP contribution in [0.1, 0.15) is 23.2 Å². The number of rotatable bonds is 5. The average Bonchev–Trinajstić information content (AvgIpc) is 2.73. The fourth-order valence-electron chi connectivity index (χ4n) is 2.33. The Balaban J connectivity index is 1.85. The number of ether oxygens (including phenoxy) is 1. The van der Waals surface area contributed by atoms with Crippen LogP contribution in [0, 0.1) is 0 Å². The lowest BCUT2D eigenvalue weighted by Gasteiger charge is -2.18. The van der Waals surface area contributed by atoms with Gasteiger partial charge < -0.3 is 15.0 Å². The molecule has 4 heteroatoms. The van der Waals surface area contributed by atoms with Crippen molar-refractivity contribution in [2.24, 2.45) is 0 Å². The second kappa shape index (κ2) is 7.26. The summed E-state index contributed by atoms with van der Waals surface area (Å²) in [6, 6.07) is 7.39. The van der Waals surface area contributed by atoms with Crippen molar-refractivity contribution in [1.29, 1.82) is 0 Å². The van der Waals surface area contributed by atoms with Crippen molar-refractivity contribution in [2.75, 3.05) is 39.8 Å². The summed E-state index contributed by atoms with van der Waals surface area (Å²) in [7, 11) is 1.62. The maximum Gasteiger partial charge on any atom is 0.164 e. The largest absolute Gasteiger partial charge is 0.497 e. The van der Waals surface area contributed by atoms with Gasteiger partial charge in [0.1, 0.15) is 5.75 Å². The minimum absolute atomic E-state index is 0.191. The smallest absolute Gasteiger partial charge is 0.164 e. The van der Waals surface area contributed by atoms with Crippen LogP contribution in [0.2, 0.25) is 0 Å². The summed E-state index contributed by atoms with van der Waals surface area (Å²) in [6.07, 6.45) is 1.74. The molecule has 0 saturated carbocycles. The number of nitrogens with one attached hydrogen (secondary N) is 1. The predicted molar refractivity (Wildman–Crippen MR) is 75.9 cm³/mol. The molecule has 1 heterocycles. The van der Waals surface area contributed by atoms with Crippen molar-refractivity contribution in [2.45, 2.75) is 12.8 Å². The summed E-state index contributed by atoms with van der Waals surface area (Å²) in [6.45, 7) is 5.06. The molecule has 1 aliphatic rings. The molecule has 1 aliphatic heterocycles. The molecule has 1 aromatic rings. The Hall–Kier alpha value is -1.39. The fourth-order valence-corrected chi connectivity index (χ4v) is 2.33. The summed E-state index contributed by atoms with van der Waals surface area (Å²) >= 11 is 0. The number of carbonyl (C=O) groups is 1. The van der Waals surface area contributed by atoms with Gasteiger partial charge in [0.15, 0.2) is 5.78 Å². The average molecular weight is 262 g/mol. The molecular weight excluding hydrogens is 240 g/mol. The van der Waals surface area contributed by atoms with Gasteiger partial charge in [-0.15, -0.1) is 0 Å². The monoisotopic (exact) mass is 262 g/mol. The molecule has 104 valence electrons. The normalized spacial score (nSPS) is 16.9. The lowest BCUT2D eigenvalue weighted by atomic mass is 10.1. The Labute approximate surface area is 114 Å². The van der Waals surface area contributed by atoms with Crippen LogP contribution in [0.4, 0.5) is 0 Å². The molecule has 2 rings (SSSR count). The zero-order chi connectivity index (χ0) is 13.5. The first-order valence-corrected chi connectivity index (χ1v) is 6.90. The van der Waals surface area contributed by atoms with E-state index in [-0.39, 0.29) is 5.78 Å². The first-order valence-electron chi connectivity index (χ1n) is 6.90. The summed E-state index contributed by atoms with van der Waals surface area (Å²) in [5.41, 5.74) is 0.743. The van der Waals surface area contributed by atoms with Gasteiger partial charge in [-0.3, -0.25) is 4.79 Å². The summed E-state index contributed by atoms with van der Waals surface area (Å²) < 4.78 is 5.15. The quantitative estimate of drug-likeness (QED) is 0.818. The molecule has 4 nitrogen and oxygen atoms in total. The number of carbonyl (C=O) groups excluding carboxylic acids is 1. The molecule has 0 amide bonds. The van der Waals surface area contributed by atoms with Gasteiger partial charge in [0.25, 0.3) is 0 Å². The zero-order valence-electron chi connectivity index (χ0n) is 11.5. The standard InChI is InChI=1S/C15H22N2O2/c1-19-14-5-2-4-13(12-14)15(18)6-10-17-9-3-7-16-8-11-17/h2,4-5,12,16H,3,6-11H2,1H3. The number of hydrogen-bond acceptors (Lipinski definition) is 4. The number of nitrogens with zero attached hydrogens (tertiary/aromatic N) is 1. The summed E-state index contributed by atoms with van der Waals surface area (Å²) in [5, 5.41) is 3.37. The third kappa shape index (κ3) is 4.33. The lowest BCUT2D eigenvalue weighted by Crippen LogP contribution is -2.30. The van der Waals surface area contributed by atoms with Crippen LogP contribution in [-0.4, -0.2) is 50.5 Å². The van der Waals surface area contributed by atoms with Crippen molar-refractivity contribution in [1.82, 2.24) is 10.2 Å². The molecule has 19 heavy (non-hydrogen) atoms. The molecule has 1 saturated heterocycles. The topological polar surface area (TPSA) is 41.6 Å². The molecule has 0 unspecified atom stereocenters. The number of Topliss-reactive ketones (excluding diaryl/α,β-unsaturated/α-hetero) is 1. The highest BCUT2D eigenvalue weighted by Crippen LogP contribution is 2.14. The van der Waals surface area contributed by atoms with E-state index in [9.17, 15) is 4.79 Å². The van der Waals surface area contributed by atoms with Gasteiger partial charge in [0.2, 0.25) is 0 Å².